The molecular weight excluding hydrogens is 208 g/mol. The first-order valence-corrected chi connectivity index (χ1v) is 5.20. The normalized spacial score (nSPS) is 10.8. The standard InChI is InChI=1S/C13H15ClO/c1-11(2)10-15-8-4-6-12-5-3-7-13(14)9-12/h3-7,9H,1,8,10H2,2H3/b6-4+. The van der Waals surface area contributed by atoms with Gasteiger partial charge in [0.1, 0.15) is 0 Å². The van der Waals surface area contributed by atoms with E-state index in [-0.39, 0.29) is 0 Å². The van der Waals surface area contributed by atoms with E-state index in [4.69, 9.17) is 16.3 Å². The van der Waals surface area contributed by atoms with Gasteiger partial charge in [0.15, 0.2) is 0 Å². The van der Waals surface area contributed by atoms with Crippen molar-refractivity contribution in [1.82, 2.24) is 0 Å². The lowest BCUT2D eigenvalue weighted by molar-refractivity contribution is 0.187. The molecule has 0 bridgehead atoms. The molecule has 0 saturated carbocycles. The minimum Gasteiger partial charge on any atom is -0.373 e. The lowest BCUT2D eigenvalue weighted by Crippen LogP contribution is -1.93. The van der Waals surface area contributed by atoms with Crippen LogP contribution in [0.25, 0.3) is 6.08 Å². The average Bonchev–Trinajstić information content (AvgIpc) is 2.17. The Hall–Kier alpha value is -1.05. The van der Waals surface area contributed by atoms with Crippen molar-refractivity contribution in [3.63, 3.8) is 0 Å². The Kier molecular flexibility index (Phi) is 5.16. The number of hydrogen-bond acceptors (Lipinski definition) is 1. The van der Waals surface area contributed by atoms with Gasteiger partial charge in [0.05, 0.1) is 13.2 Å². The van der Waals surface area contributed by atoms with Gasteiger partial charge in [0.25, 0.3) is 0 Å². The van der Waals surface area contributed by atoms with Crippen LogP contribution in [0.3, 0.4) is 0 Å². The highest BCUT2D eigenvalue weighted by molar-refractivity contribution is 6.30. The summed E-state index contributed by atoms with van der Waals surface area (Å²) in [5.74, 6) is 0. The molecule has 80 valence electrons. The second kappa shape index (κ2) is 6.44. The van der Waals surface area contributed by atoms with E-state index in [0.717, 1.165) is 16.2 Å². The van der Waals surface area contributed by atoms with Crippen molar-refractivity contribution in [1.29, 1.82) is 0 Å². The zero-order valence-corrected chi connectivity index (χ0v) is 9.63. The Morgan fingerprint density at radius 3 is 3.00 bits per heavy atom. The van der Waals surface area contributed by atoms with Crippen LogP contribution in [-0.2, 0) is 4.74 Å². The summed E-state index contributed by atoms with van der Waals surface area (Å²) in [4.78, 5) is 0. The van der Waals surface area contributed by atoms with Gasteiger partial charge < -0.3 is 4.74 Å². The minimum atomic E-state index is 0.597. The zero-order chi connectivity index (χ0) is 11.1. The largest absolute Gasteiger partial charge is 0.373 e. The summed E-state index contributed by atoms with van der Waals surface area (Å²) in [6.07, 6.45) is 3.96. The van der Waals surface area contributed by atoms with E-state index in [9.17, 15) is 0 Å². The van der Waals surface area contributed by atoms with Crippen molar-refractivity contribution in [3.8, 4) is 0 Å². The molecular formula is C13H15ClO. The molecule has 1 aromatic carbocycles. The molecule has 1 aromatic rings. The molecule has 0 atom stereocenters. The Balaban J connectivity index is 2.35. The Morgan fingerprint density at radius 2 is 2.33 bits per heavy atom. The van der Waals surface area contributed by atoms with Crippen LogP contribution in [0.15, 0.2) is 42.5 Å². The van der Waals surface area contributed by atoms with Crippen molar-refractivity contribution >= 4 is 17.7 Å². The van der Waals surface area contributed by atoms with E-state index in [2.05, 4.69) is 6.58 Å². The maximum Gasteiger partial charge on any atom is 0.0675 e. The van der Waals surface area contributed by atoms with E-state index in [1.807, 2.05) is 43.3 Å². The summed E-state index contributed by atoms with van der Waals surface area (Å²) in [6, 6.07) is 7.70. The molecule has 1 nitrogen and oxygen atoms in total. The van der Waals surface area contributed by atoms with Crippen LogP contribution in [0, 0.1) is 0 Å². The number of ether oxygens (including phenoxy) is 1. The Morgan fingerprint density at radius 1 is 1.53 bits per heavy atom. The summed E-state index contributed by atoms with van der Waals surface area (Å²) < 4.78 is 5.33. The first kappa shape index (κ1) is 12.0. The SMILES string of the molecule is C=C(C)COC/C=C/c1cccc(Cl)c1. The Bertz CT molecular complexity index is 355. The minimum absolute atomic E-state index is 0.597. The molecule has 0 aliphatic rings. The van der Waals surface area contributed by atoms with Gasteiger partial charge in [-0.15, -0.1) is 0 Å². The zero-order valence-electron chi connectivity index (χ0n) is 8.87. The van der Waals surface area contributed by atoms with Crippen LogP contribution in [-0.4, -0.2) is 13.2 Å². The van der Waals surface area contributed by atoms with Gasteiger partial charge >= 0.3 is 0 Å². The molecule has 0 aromatic heterocycles. The monoisotopic (exact) mass is 222 g/mol. The average molecular weight is 223 g/mol. The summed E-state index contributed by atoms with van der Waals surface area (Å²) in [7, 11) is 0. The molecule has 0 aliphatic heterocycles. The highest BCUT2D eigenvalue weighted by Gasteiger charge is 1.88. The number of hydrogen-bond donors (Lipinski definition) is 0. The molecule has 0 fully saturated rings. The second-order valence-corrected chi connectivity index (χ2v) is 3.87. The van der Waals surface area contributed by atoms with Crippen molar-refractivity contribution in [2.24, 2.45) is 0 Å². The third-order valence-electron chi connectivity index (χ3n) is 1.72. The molecule has 0 saturated heterocycles. The molecule has 0 amide bonds. The van der Waals surface area contributed by atoms with Crippen molar-refractivity contribution in [3.05, 3.63) is 53.1 Å². The smallest absolute Gasteiger partial charge is 0.0675 e. The molecule has 15 heavy (non-hydrogen) atoms. The summed E-state index contributed by atoms with van der Waals surface area (Å²) in [6.45, 7) is 6.91. The molecule has 0 spiro atoms. The maximum atomic E-state index is 5.85. The van der Waals surface area contributed by atoms with Crippen LogP contribution >= 0.6 is 11.6 Å². The second-order valence-electron chi connectivity index (χ2n) is 3.43. The van der Waals surface area contributed by atoms with Gasteiger partial charge in [-0.3, -0.25) is 0 Å². The predicted molar refractivity (Wildman–Crippen MR) is 66.1 cm³/mol. The van der Waals surface area contributed by atoms with E-state index in [1.54, 1.807) is 0 Å². The third-order valence-corrected chi connectivity index (χ3v) is 1.96. The van der Waals surface area contributed by atoms with E-state index in [0.29, 0.717) is 13.2 Å². The van der Waals surface area contributed by atoms with Crippen LogP contribution in [0.2, 0.25) is 5.02 Å². The molecule has 1 rings (SSSR count). The van der Waals surface area contributed by atoms with Crippen LogP contribution in [0.1, 0.15) is 12.5 Å². The summed E-state index contributed by atoms with van der Waals surface area (Å²) >= 11 is 5.85. The molecule has 0 heterocycles. The highest BCUT2D eigenvalue weighted by atomic mass is 35.5. The van der Waals surface area contributed by atoms with Crippen LogP contribution in [0.4, 0.5) is 0 Å². The molecule has 0 radical (unpaired) electrons. The predicted octanol–water partition coefficient (Wildman–Crippen LogP) is 3.95. The van der Waals surface area contributed by atoms with Gasteiger partial charge in [-0.2, -0.15) is 0 Å². The van der Waals surface area contributed by atoms with Crippen LogP contribution in [0.5, 0.6) is 0 Å². The molecule has 0 N–H and O–H groups in total. The Labute approximate surface area is 96.0 Å². The quantitative estimate of drug-likeness (QED) is 0.542. The number of benzene rings is 1. The fourth-order valence-electron chi connectivity index (χ4n) is 1.10. The highest BCUT2D eigenvalue weighted by Crippen LogP contribution is 2.11. The maximum absolute atomic E-state index is 5.85. The fourth-order valence-corrected chi connectivity index (χ4v) is 1.29. The van der Waals surface area contributed by atoms with Gasteiger partial charge in [0.2, 0.25) is 0 Å². The molecule has 2 heteroatoms. The van der Waals surface area contributed by atoms with Crippen molar-refractivity contribution in [2.75, 3.05) is 13.2 Å². The van der Waals surface area contributed by atoms with Crippen molar-refractivity contribution < 1.29 is 4.74 Å². The molecule has 0 unspecified atom stereocenters. The third kappa shape index (κ3) is 5.40. The first-order valence-electron chi connectivity index (χ1n) is 4.83. The lowest BCUT2D eigenvalue weighted by Gasteiger charge is -1.99. The van der Waals surface area contributed by atoms with E-state index >= 15 is 0 Å². The fraction of sp³-hybridized carbons (Fsp3) is 0.231. The first-order chi connectivity index (χ1) is 7.18. The number of halogens is 1. The van der Waals surface area contributed by atoms with Gasteiger partial charge in [0, 0.05) is 5.02 Å². The van der Waals surface area contributed by atoms with Crippen molar-refractivity contribution in [2.45, 2.75) is 6.92 Å². The van der Waals surface area contributed by atoms with Gasteiger partial charge in [-0.05, 0) is 24.6 Å². The summed E-state index contributed by atoms with van der Waals surface area (Å²) in [5.41, 5.74) is 2.12. The molecule has 0 aliphatic carbocycles. The summed E-state index contributed by atoms with van der Waals surface area (Å²) in [5, 5.41) is 0.750. The topological polar surface area (TPSA) is 9.23 Å². The number of rotatable bonds is 5. The van der Waals surface area contributed by atoms with Crippen LogP contribution < -0.4 is 0 Å². The van der Waals surface area contributed by atoms with E-state index < -0.39 is 0 Å². The van der Waals surface area contributed by atoms with E-state index in [1.165, 1.54) is 0 Å². The van der Waals surface area contributed by atoms with Gasteiger partial charge in [-0.1, -0.05) is 48.0 Å². The van der Waals surface area contributed by atoms with Gasteiger partial charge in [-0.25, -0.2) is 0 Å². The lowest BCUT2D eigenvalue weighted by atomic mass is 10.2.